The van der Waals surface area contributed by atoms with Gasteiger partial charge in [-0.1, -0.05) is 6.07 Å². The smallest absolute Gasteiger partial charge is 0.145 e. The molecule has 0 spiro atoms. The molecule has 80 valence electrons. The monoisotopic (exact) mass is 206 g/mol. The maximum atomic E-state index is 7.43. The molecule has 0 amide bonds. The molecular formula is C11H14N2O2. The zero-order valence-corrected chi connectivity index (χ0v) is 8.62. The molecule has 0 atom stereocenters. The van der Waals surface area contributed by atoms with Crippen LogP contribution in [0.2, 0.25) is 0 Å². The molecule has 2 rings (SSSR count). The predicted octanol–water partition coefficient (Wildman–Crippen LogP) is 1.06. The van der Waals surface area contributed by atoms with Crippen LogP contribution in [-0.2, 0) is 4.74 Å². The fraction of sp³-hybridized carbons (Fsp3) is 0.364. The first-order valence-corrected chi connectivity index (χ1v) is 4.86. The summed E-state index contributed by atoms with van der Waals surface area (Å²) < 4.78 is 10.7. The molecule has 4 heteroatoms. The number of nitrogens with two attached hydrogens (primary N) is 1. The van der Waals surface area contributed by atoms with Gasteiger partial charge in [0.15, 0.2) is 0 Å². The molecule has 0 radical (unpaired) electrons. The van der Waals surface area contributed by atoms with Crippen molar-refractivity contribution in [2.45, 2.75) is 13.0 Å². The Labute approximate surface area is 88.5 Å². The number of hydrogen-bond acceptors (Lipinski definition) is 3. The van der Waals surface area contributed by atoms with E-state index in [1.807, 2.05) is 25.1 Å². The Kier molecular flexibility index (Phi) is 2.60. The van der Waals surface area contributed by atoms with Gasteiger partial charge in [-0.25, -0.2) is 0 Å². The van der Waals surface area contributed by atoms with Gasteiger partial charge < -0.3 is 15.2 Å². The fourth-order valence-corrected chi connectivity index (χ4v) is 1.41. The van der Waals surface area contributed by atoms with Crippen LogP contribution in [-0.4, -0.2) is 25.2 Å². The quantitative estimate of drug-likeness (QED) is 0.574. The first-order chi connectivity index (χ1) is 7.16. The molecule has 3 N–H and O–H groups in total. The van der Waals surface area contributed by atoms with Gasteiger partial charge in [0.25, 0.3) is 0 Å². The third-order valence-electron chi connectivity index (χ3n) is 2.33. The molecule has 15 heavy (non-hydrogen) atoms. The number of amidine groups is 1. The molecule has 1 aromatic carbocycles. The van der Waals surface area contributed by atoms with E-state index in [-0.39, 0.29) is 11.9 Å². The van der Waals surface area contributed by atoms with Crippen molar-refractivity contribution >= 4 is 5.84 Å². The van der Waals surface area contributed by atoms with Crippen LogP contribution in [0.5, 0.6) is 5.75 Å². The average molecular weight is 206 g/mol. The van der Waals surface area contributed by atoms with E-state index in [4.69, 9.17) is 20.6 Å². The Morgan fingerprint density at radius 1 is 1.53 bits per heavy atom. The highest BCUT2D eigenvalue weighted by Gasteiger charge is 2.21. The number of ether oxygens (including phenoxy) is 2. The van der Waals surface area contributed by atoms with Gasteiger partial charge in [0, 0.05) is 0 Å². The van der Waals surface area contributed by atoms with Crippen molar-refractivity contribution in [2.75, 3.05) is 13.2 Å². The molecule has 1 aromatic rings. The molecule has 1 aliphatic rings. The van der Waals surface area contributed by atoms with Crippen molar-refractivity contribution in [1.82, 2.24) is 0 Å². The van der Waals surface area contributed by atoms with Crippen LogP contribution in [0, 0.1) is 12.3 Å². The van der Waals surface area contributed by atoms with Gasteiger partial charge in [-0.05, 0) is 24.6 Å². The van der Waals surface area contributed by atoms with Crippen molar-refractivity contribution in [2.24, 2.45) is 5.73 Å². The van der Waals surface area contributed by atoms with Crippen LogP contribution >= 0.6 is 0 Å². The summed E-state index contributed by atoms with van der Waals surface area (Å²) in [5, 5.41) is 7.43. The number of nitrogens with one attached hydrogen (secondary N) is 1. The zero-order chi connectivity index (χ0) is 10.8. The molecular weight excluding hydrogens is 192 g/mol. The number of aryl methyl sites for hydroxylation is 1. The molecule has 1 heterocycles. The second-order valence-electron chi connectivity index (χ2n) is 3.69. The van der Waals surface area contributed by atoms with Crippen LogP contribution in [0.15, 0.2) is 18.2 Å². The molecule has 0 saturated carbocycles. The van der Waals surface area contributed by atoms with E-state index in [0.29, 0.717) is 24.5 Å². The number of nitrogen functional groups attached to an aromatic ring is 1. The normalized spacial score (nSPS) is 15.8. The molecule has 0 bridgehead atoms. The van der Waals surface area contributed by atoms with Crippen LogP contribution in [0.25, 0.3) is 0 Å². The van der Waals surface area contributed by atoms with Crippen LogP contribution in [0.3, 0.4) is 0 Å². The first kappa shape index (κ1) is 9.98. The highest BCUT2D eigenvalue weighted by atomic mass is 16.6. The van der Waals surface area contributed by atoms with E-state index in [1.54, 1.807) is 0 Å². The average Bonchev–Trinajstić information content (AvgIpc) is 2.11. The van der Waals surface area contributed by atoms with Gasteiger partial charge in [0.2, 0.25) is 0 Å². The Morgan fingerprint density at radius 3 is 2.80 bits per heavy atom. The predicted molar refractivity (Wildman–Crippen MR) is 57.4 cm³/mol. The van der Waals surface area contributed by atoms with Crippen LogP contribution in [0.1, 0.15) is 11.1 Å². The largest absolute Gasteiger partial charge is 0.485 e. The van der Waals surface area contributed by atoms with Crippen molar-refractivity contribution in [3.05, 3.63) is 29.3 Å². The SMILES string of the molecule is Cc1ccc(C(=N)N)c(OC2COC2)c1. The van der Waals surface area contributed by atoms with Gasteiger partial charge >= 0.3 is 0 Å². The number of benzene rings is 1. The summed E-state index contributed by atoms with van der Waals surface area (Å²) in [6.45, 7) is 3.21. The highest BCUT2D eigenvalue weighted by Crippen LogP contribution is 2.22. The summed E-state index contributed by atoms with van der Waals surface area (Å²) in [7, 11) is 0. The first-order valence-electron chi connectivity index (χ1n) is 4.86. The van der Waals surface area contributed by atoms with Crippen molar-refractivity contribution in [3.8, 4) is 5.75 Å². The van der Waals surface area contributed by atoms with Crippen LogP contribution < -0.4 is 10.5 Å². The molecule has 1 saturated heterocycles. The topological polar surface area (TPSA) is 68.3 Å². The van der Waals surface area contributed by atoms with Crippen LogP contribution in [0.4, 0.5) is 0 Å². The minimum atomic E-state index is 0.0326. The minimum absolute atomic E-state index is 0.0326. The number of hydrogen-bond donors (Lipinski definition) is 2. The highest BCUT2D eigenvalue weighted by molar-refractivity contribution is 5.97. The molecule has 4 nitrogen and oxygen atoms in total. The fourth-order valence-electron chi connectivity index (χ4n) is 1.41. The Hall–Kier alpha value is -1.55. The van der Waals surface area contributed by atoms with E-state index in [9.17, 15) is 0 Å². The molecule has 1 fully saturated rings. The zero-order valence-electron chi connectivity index (χ0n) is 8.62. The van der Waals surface area contributed by atoms with Crippen molar-refractivity contribution in [1.29, 1.82) is 5.41 Å². The summed E-state index contributed by atoms with van der Waals surface area (Å²) in [5.41, 5.74) is 7.21. The summed E-state index contributed by atoms with van der Waals surface area (Å²) in [4.78, 5) is 0. The van der Waals surface area contributed by atoms with E-state index < -0.39 is 0 Å². The lowest BCUT2D eigenvalue weighted by Crippen LogP contribution is -2.39. The van der Waals surface area contributed by atoms with Crippen molar-refractivity contribution in [3.63, 3.8) is 0 Å². The second kappa shape index (κ2) is 3.90. The van der Waals surface area contributed by atoms with Gasteiger partial charge in [-0.3, -0.25) is 5.41 Å². The Morgan fingerprint density at radius 2 is 2.27 bits per heavy atom. The van der Waals surface area contributed by atoms with E-state index >= 15 is 0 Å². The lowest BCUT2D eigenvalue weighted by molar-refractivity contribution is -0.0797. The lowest BCUT2D eigenvalue weighted by atomic mass is 10.1. The van der Waals surface area contributed by atoms with Gasteiger partial charge in [0.1, 0.15) is 17.7 Å². The van der Waals surface area contributed by atoms with Gasteiger partial charge in [-0.15, -0.1) is 0 Å². The lowest BCUT2D eigenvalue weighted by Gasteiger charge is -2.27. The molecule has 0 aliphatic carbocycles. The van der Waals surface area contributed by atoms with E-state index in [2.05, 4.69) is 0 Å². The maximum absolute atomic E-state index is 7.43. The van der Waals surface area contributed by atoms with Crippen molar-refractivity contribution < 1.29 is 9.47 Å². The number of rotatable bonds is 3. The second-order valence-corrected chi connectivity index (χ2v) is 3.69. The summed E-state index contributed by atoms with van der Waals surface area (Å²) in [5.74, 6) is 0.709. The van der Waals surface area contributed by atoms with Gasteiger partial charge in [0.05, 0.1) is 18.8 Å². The maximum Gasteiger partial charge on any atom is 0.145 e. The molecule has 0 unspecified atom stereocenters. The standard InChI is InChI=1S/C11H14N2O2/c1-7-2-3-9(11(12)13)10(4-7)15-8-5-14-6-8/h2-4,8H,5-6H2,1H3,(H3,12,13). The minimum Gasteiger partial charge on any atom is -0.485 e. The van der Waals surface area contributed by atoms with E-state index in [0.717, 1.165) is 5.56 Å². The third-order valence-corrected chi connectivity index (χ3v) is 2.33. The molecule has 1 aliphatic heterocycles. The Bertz CT molecular complexity index is 386. The summed E-state index contributed by atoms with van der Waals surface area (Å²) in [6, 6.07) is 5.63. The summed E-state index contributed by atoms with van der Waals surface area (Å²) >= 11 is 0. The Balaban J connectivity index is 2.24. The summed E-state index contributed by atoms with van der Waals surface area (Å²) in [6.07, 6.45) is 0.102. The van der Waals surface area contributed by atoms with E-state index in [1.165, 1.54) is 0 Å². The third kappa shape index (κ3) is 2.10. The van der Waals surface area contributed by atoms with Gasteiger partial charge in [-0.2, -0.15) is 0 Å². The molecule has 0 aromatic heterocycles.